The van der Waals surface area contributed by atoms with Gasteiger partial charge in [-0.15, -0.1) is 0 Å². The van der Waals surface area contributed by atoms with Gasteiger partial charge in [0.05, 0.1) is 6.10 Å². The van der Waals surface area contributed by atoms with Crippen molar-refractivity contribution in [1.29, 1.82) is 0 Å². The molecule has 1 rings (SSSR count). The van der Waals surface area contributed by atoms with Gasteiger partial charge in [-0.25, -0.2) is 0 Å². The molecule has 0 amide bonds. The molecule has 2 heteroatoms. The fourth-order valence-electron chi connectivity index (χ4n) is 3.72. The number of ether oxygens (including phenoxy) is 1. The maximum atomic E-state index is 5.91. The van der Waals surface area contributed by atoms with Gasteiger partial charge in [0.2, 0.25) is 0 Å². The van der Waals surface area contributed by atoms with Crippen LogP contribution in [-0.4, -0.2) is 12.6 Å². The van der Waals surface area contributed by atoms with E-state index >= 15 is 0 Å². The lowest BCUT2D eigenvalue weighted by Crippen LogP contribution is -2.15. The molecule has 0 aliphatic rings. The molecule has 1 aromatic carbocycles. The van der Waals surface area contributed by atoms with E-state index in [4.69, 9.17) is 4.74 Å². The Kier molecular flexibility index (Phi) is 17.0. The SMILES string of the molecule is CCCCCCCCCCCCCCCCNCc1cccc(OC(C)CC)c1. The summed E-state index contributed by atoms with van der Waals surface area (Å²) in [6, 6.07) is 8.51. The highest BCUT2D eigenvalue weighted by molar-refractivity contribution is 5.28. The summed E-state index contributed by atoms with van der Waals surface area (Å²) in [5.74, 6) is 0.996. The number of hydrogen-bond donors (Lipinski definition) is 1. The van der Waals surface area contributed by atoms with Crippen LogP contribution in [0.4, 0.5) is 0 Å². The van der Waals surface area contributed by atoms with Gasteiger partial charge in [0.15, 0.2) is 0 Å². The lowest BCUT2D eigenvalue weighted by atomic mass is 10.0. The molecule has 0 aliphatic carbocycles. The van der Waals surface area contributed by atoms with Gasteiger partial charge in [-0.1, -0.05) is 109 Å². The summed E-state index contributed by atoms with van der Waals surface area (Å²) in [6.45, 7) is 8.64. The van der Waals surface area contributed by atoms with E-state index in [0.717, 1.165) is 25.3 Å². The number of rotatable bonds is 20. The molecule has 0 heterocycles. The molecule has 1 unspecified atom stereocenters. The van der Waals surface area contributed by atoms with Gasteiger partial charge in [-0.3, -0.25) is 0 Å². The Morgan fingerprint density at radius 3 is 1.86 bits per heavy atom. The topological polar surface area (TPSA) is 21.3 Å². The second-order valence-corrected chi connectivity index (χ2v) is 8.76. The second-order valence-electron chi connectivity index (χ2n) is 8.76. The minimum atomic E-state index is 0.286. The molecule has 1 N–H and O–H groups in total. The number of benzene rings is 1. The quantitative estimate of drug-likeness (QED) is 0.220. The first-order valence-electron chi connectivity index (χ1n) is 12.7. The van der Waals surface area contributed by atoms with Crippen LogP contribution in [0.1, 0.15) is 123 Å². The van der Waals surface area contributed by atoms with Gasteiger partial charge in [0.25, 0.3) is 0 Å². The summed E-state index contributed by atoms with van der Waals surface area (Å²) in [5.41, 5.74) is 1.32. The molecule has 168 valence electrons. The van der Waals surface area contributed by atoms with E-state index in [-0.39, 0.29) is 6.10 Å². The molecule has 0 saturated heterocycles. The molecule has 0 bridgehead atoms. The first kappa shape index (κ1) is 26.0. The molecule has 1 aromatic rings. The monoisotopic (exact) mass is 403 g/mol. The fourth-order valence-corrected chi connectivity index (χ4v) is 3.72. The van der Waals surface area contributed by atoms with Gasteiger partial charge in [-0.05, 0) is 44.0 Å². The maximum absolute atomic E-state index is 5.91. The first-order valence-corrected chi connectivity index (χ1v) is 12.7. The van der Waals surface area contributed by atoms with Gasteiger partial charge >= 0.3 is 0 Å². The Morgan fingerprint density at radius 2 is 1.31 bits per heavy atom. The average Bonchev–Trinajstić information content (AvgIpc) is 2.73. The van der Waals surface area contributed by atoms with Crippen molar-refractivity contribution in [3.05, 3.63) is 29.8 Å². The molecule has 0 radical (unpaired) electrons. The normalized spacial score (nSPS) is 12.2. The highest BCUT2D eigenvalue weighted by Gasteiger charge is 2.02. The van der Waals surface area contributed by atoms with E-state index in [1.54, 1.807) is 0 Å². The zero-order valence-corrected chi connectivity index (χ0v) is 19.8. The van der Waals surface area contributed by atoms with Crippen molar-refractivity contribution in [2.75, 3.05) is 6.54 Å². The minimum Gasteiger partial charge on any atom is -0.491 e. The third-order valence-corrected chi connectivity index (χ3v) is 5.85. The van der Waals surface area contributed by atoms with Crippen molar-refractivity contribution in [3.63, 3.8) is 0 Å². The molecule has 2 nitrogen and oxygen atoms in total. The molecule has 29 heavy (non-hydrogen) atoms. The van der Waals surface area contributed by atoms with E-state index < -0.39 is 0 Å². The van der Waals surface area contributed by atoms with E-state index in [9.17, 15) is 0 Å². The van der Waals surface area contributed by atoms with Crippen molar-refractivity contribution >= 4 is 0 Å². The largest absolute Gasteiger partial charge is 0.491 e. The molecular weight excluding hydrogens is 354 g/mol. The van der Waals surface area contributed by atoms with Crippen molar-refractivity contribution in [3.8, 4) is 5.75 Å². The van der Waals surface area contributed by atoms with Crippen LogP contribution in [0.15, 0.2) is 24.3 Å². The highest BCUT2D eigenvalue weighted by Crippen LogP contribution is 2.16. The summed E-state index contributed by atoms with van der Waals surface area (Å²) in [5, 5.41) is 3.58. The van der Waals surface area contributed by atoms with Crippen molar-refractivity contribution in [2.45, 2.75) is 130 Å². The summed E-state index contributed by atoms with van der Waals surface area (Å²) in [7, 11) is 0. The predicted octanol–water partition coefficient (Wildman–Crippen LogP) is 8.43. The smallest absolute Gasteiger partial charge is 0.120 e. The molecule has 0 fully saturated rings. The maximum Gasteiger partial charge on any atom is 0.120 e. The van der Waals surface area contributed by atoms with Crippen LogP contribution in [0, 0.1) is 0 Å². The molecule has 0 saturated carbocycles. The zero-order chi connectivity index (χ0) is 21.0. The van der Waals surface area contributed by atoms with Gasteiger partial charge in [-0.2, -0.15) is 0 Å². The van der Waals surface area contributed by atoms with Crippen LogP contribution in [0.2, 0.25) is 0 Å². The van der Waals surface area contributed by atoms with E-state index in [0.29, 0.717) is 0 Å². The summed E-state index contributed by atoms with van der Waals surface area (Å²) < 4.78 is 5.91. The predicted molar refractivity (Wildman–Crippen MR) is 129 cm³/mol. The van der Waals surface area contributed by atoms with Crippen molar-refractivity contribution < 1.29 is 4.74 Å². The third-order valence-electron chi connectivity index (χ3n) is 5.85. The first-order chi connectivity index (χ1) is 14.3. The van der Waals surface area contributed by atoms with E-state index in [2.05, 4.69) is 50.4 Å². The van der Waals surface area contributed by atoms with E-state index in [1.165, 1.54) is 95.5 Å². The Bertz CT molecular complexity index is 473. The van der Waals surface area contributed by atoms with Crippen LogP contribution >= 0.6 is 0 Å². The lowest BCUT2D eigenvalue weighted by molar-refractivity contribution is 0.217. The Morgan fingerprint density at radius 1 is 0.759 bits per heavy atom. The van der Waals surface area contributed by atoms with Crippen LogP contribution in [0.3, 0.4) is 0 Å². The van der Waals surface area contributed by atoms with Gasteiger partial charge < -0.3 is 10.1 Å². The molecule has 1 atom stereocenters. The van der Waals surface area contributed by atoms with Gasteiger partial charge in [0.1, 0.15) is 5.75 Å². The van der Waals surface area contributed by atoms with Crippen molar-refractivity contribution in [1.82, 2.24) is 5.32 Å². The van der Waals surface area contributed by atoms with Crippen molar-refractivity contribution in [2.24, 2.45) is 0 Å². The summed E-state index contributed by atoms with van der Waals surface area (Å²) in [6.07, 6.45) is 21.2. The molecule has 0 aliphatic heterocycles. The Hall–Kier alpha value is -1.02. The van der Waals surface area contributed by atoms with Crippen LogP contribution in [0.25, 0.3) is 0 Å². The van der Waals surface area contributed by atoms with Crippen LogP contribution < -0.4 is 10.1 Å². The van der Waals surface area contributed by atoms with Crippen LogP contribution in [0.5, 0.6) is 5.75 Å². The zero-order valence-electron chi connectivity index (χ0n) is 19.8. The third kappa shape index (κ3) is 15.5. The van der Waals surface area contributed by atoms with Crippen LogP contribution in [-0.2, 0) is 6.54 Å². The summed E-state index contributed by atoms with van der Waals surface area (Å²) in [4.78, 5) is 0. The van der Waals surface area contributed by atoms with E-state index in [1.807, 2.05) is 0 Å². The average molecular weight is 404 g/mol. The second kappa shape index (κ2) is 19.0. The Balaban J connectivity index is 1.87. The van der Waals surface area contributed by atoms with Gasteiger partial charge in [0, 0.05) is 6.54 Å². The standard InChI is InChI=1S/C27H49NO/c1-4-6-7-8-9-10-11-12-13-14-15-16-17-18-22-28-24-26-20-19-21-27(23-26)29-25(3)5-2/h19-21,23,25,28H,4-18,22,24H2,1-3H3. The summed E-state index contributed by atoms with van der Waals surface area (Å²) >= 11 is 0. The molecule has 0 aromatic heterocycles. The number of unbranched alkanes of at least 4 members (excludes halogenated alkanes) is 13. The molecular formula is C27H49NO. The Labute approximate surface area is 182 Å². The fraction of sp³-hybridized carbons (Fsp3) is 0.778. The lowest BCUT2D eigenvalue weighted by Gasteiger charge is -2.13. The molecule has 0 spiro atoms. The minimum absolute atomic E-state index is 0.286. The number of nitrogens with one attached hydrogen (secondary N) is 1. The number of hydrogen-bond acceptors (Lipinski definition) is 2. The highest BCUT2D eigenvalue weighted by atomic mass is 16.5.